The molecule has 2 N–H and O–H groups in total. The van der Waals surface area contributed by atoms with Crippen molar-refractivity contribution in [1.82, 2.24) is 14.6 Å². The molecule has 84 valence electrons. The molecule has 2 aromatic rings. The molecule has 0 saturated heterocycles. The Kier molecular flexibility index (Phi) is 2.78. The fraction of sp³-hybridized carbons (Fsp3) is 0.222. The van der Waals surface area contributed by atoms with Gasteiger partial charge in [0, 0.05) is 6.54 Å². The molecule has 6 nitrogen and oxygen atoms in total. The lowest BCUT2D eigenvalue weighted by molar-refractivity contribution is 0.0690. The predicted molar refractivity (Wildman–Crippen MR) is 61.8 cm³/mol. The number of carbonyl (C=O) groups is 1. The summed E-state index contributed by atoms with van der Waals surface area (Å²) in [5.74, 6) is -0.410. The molecule has 2 rings (SSSR count). The fourth-order valence-corrected chi connectivity index (χ4v) is 1.84. The third-order valence-corrected chi connectivity index (χ3v) is 2.69. The molecule has 0 aliphatic carbocycles. The molecular weight excluding hydrogens is 276 g/mol. The quantitative estimate of drug-likeness (QED) is 0.895. The van der Waals surface area contributed by atoms with E-state index in [2.05, 4.69) is 31.3 Å². The van der Waals surface area contributed by atoms with Gasteiger partial charge in [0.1, 0.15) is 10.4 Å². The van der Waals surface area contributed by atoms with E-state index in [1.54, 1.807) is 12.1 Å². The van der Waals surface area contributed by atoms with Crippen LogP contribution in [0.1, 0.15) is 17.4 Å². The van der Waals surface area contributed by atoms with E-state index in [4.69, 9.17) is 5.11 Å². The highest BCUT2D eigenvalue weighted by Crippen LogP contribution is 2.19. The second-order valence-electron chi connectivity index (χ2n) is 3.08. The minimum Gasteiger partial charge on any atom is -0.476 e. The number of carboxylic acids is 1. The average molecular weight is 285 g/mol. The highest BCUT2D eigenvalue weighted by Gasteiger charge is 2.16. The van der Waals surface area contributed by atoms with E-state index in [-0.39, 0.29) is 5.69 Å². The van der Waals surface area contributed by atoms with Gasteiger partial charge in [-0.3, -0.25) is 0 Å². The van der Waals surface area contributed by atoms with Gasteiger partial charge in [0.25, 0.3) is 0 Å². The van der Waals surface area contributed by atoms with Crippen molar-refractivity contribution in [3.63, 3.8) is 0 Å². The predicted octanol–water partition coefficient (Wildman–Crippen LogP) is 1.62. The summed E-state index contributed by atoms with van der Waals surface area (Å²) in [7, 11) is 0. The van der Waals surface area contributed by atoms with Gasteiger partial charge in [-0.1, -0.05) is 0 Å². The number of halogens is 1. The molecule has 0 radical (unpaired) electrons. The van der Waals surface area contributed by atoms with Crippen molar-refractivity contribution in [2.24, 2.45) is 0 Å². The van der Waals surface area contributed by atoms with Gasteiger partial charge in [-0.25, -0.2) is 14.3 Å². The van der Waals surface area contributed by atoms with Gasteiger partial charge in [0.05, 0.1) is 0 Å². The lowest BCUT2D eigenvalue weighted by Gasteiger charge is -2.01. The zero-order valence-electron chi connectivity index (χ0n) is 8.44. The molecule has 0 saturated carbocycles. The summed E-state index contributed by atoms with van der Waals surface area (Å²) in [4.78, 5) is 14.8. The highest BCUT2D eigenvalue weighted by molar-refractivity contribution is 9.10. The number of imidazole rings is 1. The van der Waals surface area contributed by atoms with Gasteiger partial charge < -0.3 is 10.4 Å². The molecule has 0 aromatic carbocycles. The number of nitrogens with one attached hydrogen (secondary N) is 1. The van der Waals surface area contributed by atoms with Gasteiger partial charge in [-0.2, -0.15) is 0 Å². The average Bonchev–Trinajstić information content (AvgIpc) is 2.57. The molecule has 7 heteroatoms. The Morgan fingerprint density at radius 3 is 3.00 bits per heavy atom. The minimum atomic E-state index is -1.08. The number of anilines is 1. The first-order valence-electron chi connectivity index (χ1n) is 4.66. The summed E-state index contributed by atoms with van der Waals surface area (Å²) in [5.41, 5.74) is 0.451. The van der Waals surface area contributed by atoms with E-state index in [0.717, 1.165) is 6.54 Å². The lowest BCUT2D eigenvalue weighted by atomic mass is 10.5. The van der Waals surface area contributed by atoms with Crippen molar-refractivity contribution in [2.45, 2.75) is 6.92 Å². The molecule has 0 atom stereocenters. The largest absolute Gasteiger partial charge is 0.476 e. The summed E-state index contributed by atoms with van der Waals surface area (Å²) >= 11 is 3.17. The van der Waals surface area contributed by atoms with Crippen LogP contribution in [0.3, 0.4) is 0 Å². The summed E-state index contributed by atoms with van der Waals surface area (Å²) in [6, 6.07) is 3.46. The van der Waals surface area contributed by atoms with Crippen LogP contribution in [0.2, 0.25) is 0 Å². The van der Waals surface area contributed by atoms with Gasteiger partial charge in [0.2, 0.25) is 0 Å². The van der Waals surface area contributed by atoms with Crippen LogP contribution in [-0.4, -0.2) is 32.2 Å². The third-order valence-electron chi connectivity index (χ3n) is 1.98. The van der Waals surface area contributed by atoms with Crippen molar-refractivity contribution >= 4 is 33.4 Å². The Hall–Kier alpha value is -1.63. The first-order chi connectivity index (χ1) is 7.63. The van der Waals surface area contributed by atoms with E-state index in [0.29, 0.717) is 16.1 Å². The van der Waals surface area contributed by atoms with E-state index >= 15 is 0 Å². The van der Waals surface area contributed by atoms with Crippen LogP contribution in [0, 0.1) is 0 Å². The molecule has 0 bridgehead atoms. The molecule has 0 spiro atoms. The first kappa shape index (κ1) is 10.9. The van der Waals surface area contributed by atoms with Crippen molar-refractivity contribution in [2.75, 3.05) is 11.9 Å². The Morgan fingerprint density at radius 2 is 2.38 bits per heavy atom. The summed E-state index contributed by atoms with van der Waals surface area (Å²) in [6.45, 7) is 2.70. The molecule has 2 heterocycles. The lowest BCUT2D eigenvalue weighted by Crippen LogP contribution is -2.03. The molecule has 16 heavy (non-hydrogen) atoms. The molecule has 0 amide bonds. The number of aromatic carboxylic acids is 1. The van der Waals surface area contributed by atoms with Crippen LogP contribution in [0.25, 0.3) is 5.65 Å². The second kappa shape index (κ2) is 4.09. The van der Waals surface area contributed by atoms with E-state index in [1.807, 2.05) is 6.92 Å². The molecular formula is C9H9BrN4O2. The normalized spacial score (nSPS) is 10.6. The standard InChI is InChI=1S/C9H9BrN4O2/c1-2-11-5-3-4-6-12-7(9(15)16)8(10)14(6)13-5/h3-4H,2H2,1H3,(H,11,13)(H,15,16). The molecule has 0 aliphatic heterocycles. The molecule has 0 fully saturated rings. The van der Waals surface area contributed by atoms with Crippen LogP contribution < -0.4 is 5.32 Å². The van der Waals surface area contributed by atoms with E-state index in [9.17, 15) is 4.79 Å². The molecule has 2 aromatic heterocycles. The van der Waals surface area contributed by atoms with Crippen LogP contribution >= 0.6 is 15.9 Å². The van der Waals surface area contributed by atoms with Gasteiger partial charge in [-0.15, -0.1) is 5.10 Å². The maximum absolute atomic E-state index is 10.9. The number of hydrogen-bond donors (Lipinski definition) is 2. The maximum atomic E-state index is 10.9. The number of fused-ring (bicyclic) bond motifs is 1. The third kappa shape index (κ3) is 1.73. The van der Waals surface area contributed by atoms with E-state index < -0.39 is 5.97 Å². The summed E-state index contributed by atoms with van der Waals surface area (Å²) in [6.07, 6.45) is 0. The van der Waals surface area contributed by atoms with Crippen molar-refractivity contribution in [1.29, 1.82) is 0 Å². The summed E-state index contributed by atoms with van der Waals surface area (Å²) in [5, 5.41) is 16.1. The minimum absolute atomic E-state index is 0.0406. The second-order valence-corrected chi connectivity index (χ2v) is 3.83. The van der Waals surface area contributed by atoms with Crippen LogP contribution in [0.4, 0.5) is 5.82 Å². The number of hydrogen-bond acceptors (Lipinski definition) is 4. The van der Waals surface area contributed by atoms with Crippen LogP contribution in [0.5, 0.6) is 0 Å². The number of rotatable bonds is 3. The van der Waals surface area contributed by atoms with Crippen molar-refractivity contribution < 1.29 is 9.90 Å². The first-order valence-corrected chi connectivity index (χ1v) is 5.45. The van der Waals surface area contributed by atoms with Gasteiger partial charge >= 0.3 is 5.97 Å². The SMILES string of the molecule is CCNc1ccc2nc(C(=O)O)c(Br)n2n1. The highest BCUT2D eigenvalue weighted by atomic mass is 79.9. The zero-order chi connectivity index (χ0) is 11.7. The fourth-order valence-electron chi connectivity index (χ4n) is 1.32. The number of nitrogens with zero attached hydrogens (tertiary/aromatic N) is 3. The smallest absolute Gasteiger partial charge is 0.357 e. The Labute approximate surface area is 99.4 Å². The van der Waals surface area contributed by atoms with Crippen molar-refractivity contribution in [3.05, 3.63) is 22.4 Å². The van der Waals surface area contributed by atoms with Crippen LogP contribution in [-0.2, 0) is 0 Å². The van der Waals surface area contributed by atoms with Gasteiger partial charge in [-0.05, 0) is 35.0 Å². The Morgan fingerprint density at radius 1 is 1.62 bits per heavy atom. The Balaban J connectivity index is 2.59. The maximum Gasteiger partial charge on any atom is 0.357 e. The van der Waals surface area contributed by atoms with Gasteiger partial charge in [0.15, 0.2) is 11.3 Å². The monoisotopic (exact) mass is 284 g/mol. The number of aromatic nitrogens is 3. The Bertz CT molecular complexity index is 552. The van der Waals surface area contributed by atoms with E-state index in [1.165, 1.54) is 4.52 Å². The molecule has 0 aliphatic rings. The van der Waals surface area contributed by atoms with Crippen LogP contribution in [0.15, 0.2) is 16.7 Å². The molecule has 0 unspecified atom stereocenters. The van der Waals surface area contributed by atoms with Crippen molar-refractivity contribution in [3.8, 4) is 0 Å². The summed E-state index contributed by atoms with van der Waals surface area (Å²) < 4.78 is 1.79. The topological polar surface area (TPSA) is 79.5 Å². The number of carboxylic acid groups (broad SMARTS) is 1. The zero-order valence-corrected chi connectivity index (χ0v) is 10.0.